The summed E-state index contributed by atoms with van der Waals surface area (Å²) >= 11 is 0. The molecule has 4 N–H and O–H groups in total. The summed E-state index contributed by atoms with van der Waals surface area (Å²) in [6, 6.07) is 0. The zero-order valence-corrected chi connectivity index (χ0v) is 5.02. The number of hydrogen-bond acceptors (Lipinski definition) is 3. The van der Waals surface area contributed by atoms with E-state index in [9.17, 15) is 9.59 Å². The van der Waals surface area contributed by atoms with Crippen molar-refractivity contribution in [1.82, 2.24) is 11.5 Å². The van der Waals surface area contributed by atoms with Crippen molar-refractivity contribution in [2.24, 2.45) is 0 Å². The van der Waals surface area contributed by atoms with E-state index in [1.165, 1.54) is 13.8 Å². The lowest BCUT2D eigenvalue weighted by Gasteiger charge is -1.88. The van der Waals surface area contributed by atoms with E-state index in [2.05, 4.69) is 0 Å². The lowest BCUT2D eigenvalue weighted by atomic mass is 10.6. The predicted octanol–water partition coefficient (Wildman–Crippen LogP) is -0.169. The van der Waals surface area contributed by atoms with E-state index in [1.807, 2.05) is 5.32 Å². The van der Waals surface area contributed by atoms with Crippen LogP contribution in [0.3, 0.4) is 0 Å². The van der Waals surface area contributed by atoms with Gasteiger partial charge in [-0.15, -0.1) is 0 Å². The fraction of sp³-hybridized carbons (Fsp3) is 0.500. The average Bonchev–Trinajstić information content (AvgIpc) is 1.27. The molecule has 4 heteroatoms. The van der Waals surface area contributed by atoms with E-state index in [1.54, 1.807) is 0 Å². The van der Waals surface area contributed by atoms with Crippen LogP contribution in [0.25, 0.3) is 0 Å². The predicted molar refractivity (Wildman–Crippen MR) is 29.5 cm³/mol. The maximum absolute atomic E-state index is 9.92. The van der Waals surface area contributed by atoms with Crippen molar-refractivity contribution in [3.63, 3.8) is 0 Å². The highest BCUT2D eigenvalue weighted by molar-refractivity contribution is 5.92. The van der Waals surface area contributed by atoms with E-state index in [0.717, 1.165) is 0 Å². The molecule has 0 spiro atoms. The van der Waals surface area contributed by atoms with E-state index in [4.69, 9.17) is 0 Å². The Morgan fingerprint density at radius 2 is 1.38 bits per heavy atom. The summed E-state index contributed by atoms with van der Waals surface area (Å²) in [4.78, 5) is 19.8. The zero-order valence-electron chi connectivity index (χ0n) is 5.02. The van der Waals surface area contributed by atoms with Crippen LogP contribution in [0, 0.1) is 0 Å². The summed E-state index contributed by atoms with van der Waals surface area (Å²) < 4.78 is 0. The minimum Gasteiger partial charge on any atom is -0.344 e. The molecule has 0 heterocycles. The second-order valence-corrected chi connectivity index (χ2v) is 1.24. The van der Waals surface area contributed by atoms with Gasteiger partial charge in [0.25, 0.3) is 0 Å². The topological polar surface area (TPSA) is 81.2 Å². The Bertz CT molecular complexity index is 88.2. The Morgan fingerprint density at radius 3 is 1.38 bits per heavy atom. The van der Waals surface area contributed by atoms with Gasteiger partial charge in [-0.25, -0.2) is 0 Å². The first kappa shape index (κ1) is 10.2. The standard InChI is InChI=1S/C4H7NO2.H3N/c1-3(6)5-4(2)7;/h1-2H3,(H,5,6,7);1H3. The van der Waals surface area contributed by atoms with Gasteiger partial charge in [0.05, 0.1) is 0 Å². The van der Waals surface area contributed by atoms with Gasteiger partial charge in [-0.2, -0.15) is 0 Å². The molecule has 0 fully saturated rings. The minimum atomic E-state index is -0.312. The first-order valence-electron chi connectivity index (χ1n) is 1.91. The summed E-state index contributed by atoms with van der Waals surface area (Å²) in [5, 5.41) is 2.03. The molecule has 0 aromatic heterocycles. The lowest BCUT2D eigenvalue weighted by Crippen LogP contribution is -2.24. The molecule has 2 amide bonds. The zero-order chi connectivity index (χ0) is 5.86. The van der Waals surface area contributed by atoms with Crippen LogP contribution in [0.4, 0.5) is 0 Å². The molecule has 0 radical (unpaired) electrons. The fourth-order valence-corrected chi connectivity index (χ4v) is 0.248. The Labute approximate surface area is 47.8 Å². The molecule has 8 heavy (non-hydrogen) atoms. The first-order valence-corrected chi connectivity index (χ1v) is 1.91. The minimum absolute atomic E-state index is 0. The maximum atomic E-state index is 9.92. The largest absolute Gasteiger partial charge is 0.344 e. The molecule has 0 atom stereocenters. The lowest BCUT2D eigenvalue weighted by molar-refractivity contribution is -0.127. The van der Waals surface area contributed by atoms with Crippen LogP contribution >= 0.6 is 0 Å². The first-order chi connectivity index (χ1) is 3.13. The Balaban J connectivity index is 0. The van der Waals surface area contributed by atoms with E-state index in [0.29, 0.717) is 0 Å². The molecule has 48 valence electrons. The van der Waals surface area contributed by atoms with E-state index >= 15 is 0 Å². The van der Waals surface area contributed by atoms with Gasteiger partial charge in [0, 0.05) is 13.8 Å². The molecular formula is C4H10N2O2. The van der Waals surface area contributed by atoms with Crippen molar-refractivity contribution < 1.29 is 9.59 Å². The summed E-state index contributed by atoms with van der Waals surface area (Å²) in [5.41, 5.74) is 0. The van der Waals surface area contributed by atoms with Gasteiger partial charge < -0.3 is 6.15 Å². The summed E-state index contributed by atoms with van der Waals surface area (Å²) in [7, 11) is 0. The van der Waals surface area contributed by atoms with Gasteiger partial charge in [-0.05, 0) is 0 Å². The highest BCUT2D eigenvalue weighted by atomic mass is 16.2. The van der Waals surface area contributed by atoms with Crippen molar-refractivity contribution in [2.45, 2.75) is 13.8 Å². The maximum Gasteiger partial charge on any atom is 0.223 e. The van der Waals surface area contributed by atoms with Crippen molar-refractivity contribution in [2.75, 3.05) is 0 Å². The van der Waals surface area contributed by atoms with Gasteiger partial charge in [0.15, 0.2) is 0 Å². The van der Waals surface area contributed by atoms with Crippen molar-refractivity contribution in [1.29, 1.82) is 0 Å². The van der Waals surface area contributed by atoms with Gasteiger partial charge in [-0.1, -0.05) is 0 Å². The molecule has 0 saturated heterocycles. The summed E-state index contributed by atoms with van der Waals surface area (Å²) in [6.07, 6.45) is 0. The number of carbonyl (C=O) groups excluding carboxylic acids is 2. The van der Waals surface area contributed by atoms with Crippen LogP contribution in [0.5, 0.6) is 0 Å². The molecule has 0 unspecified atom stereocenters. The molecule has 0 bridgehead atoms. The average molecular weight is 118 g/mol. The quantitative estimate of drug-likeness (QED) is 0.463. The number of carbonyl (C=O) groups is 2. The number of imide groups is 1. The summed E-state index contributed by atoms with van der Waals surface area (Å²) in [5.74, 6) is -0.625. The molecule has 0 saturated carbocycles. The van der Waals surface area contributed by atoms with Crippen molar-refractivity contribution in [3.8, 4) is 0 Å². The Hall–Kier alpha value is -0.900. The smallest absolute Gasteiger partial charge is 0.223 e. The number of hydrogen-bond donors (Lipinski definition) is 2. The normalized spacial score (nSPS) is 6.75. The van der Waals surface area contributed by atoms with Gasteiger partial charge >= 0.3 is 0 Å². The molecule has 0 aromatic carbocycles. The fourth-order valence-electron chi connectivity index (χ4n) is 0.248. The number of nitrogens with one attached hydrogen (secondary N) is 1. The van der Waals surface area contributed by atoms with Crippen LogP contribution < -0.4 is 11.5 Å². The number of amides is 2. The molecule has 0 aliphatic rings. The van der Waals surface area contributed by atoms with Crippen LogP contribution in [0.15, 0.2) is 0 Å². The molecule has 0 aliphatic heterocycles. The second-order valence-electron chi connectivity index (χ2n) is 1.24. The molecule has 4 nitrogen and oxygen atoms in total. The van der Waals surface area contributed by atoms with Crippen molar-refractivity contribution in [3.05, 3.63) is 0 Å². The SMILES string of the molecule is CC(=O)NC(C)=O.N. The summed E-state index contributed by atoms with van der Waals surface area (Å²) in [6.45, 7) is 2.59. The third-order valence-electron chi connectivity index (χ3n) is 0.352. The Morgan fingerprint density at radius 1 is 1.12 bits per heavy atom. The number of rotatable bonds is 0. The van der Waals surface area contributed by atoms with E-state index < -0.39 is 0 Å². The third-order valence-corrected chi connectivity index (χ3v) is 0.352. The molecule has 0 rings (SSSR count). The van der Waals surface area contributed by atoms with E-state index in [-0.39, 0.29) is 18.0 Å². The molecule has 0 aliphatic carbocycles. The molecule has 0 aromatic rings. The van der Waals surface area contributed by atoms with Crippen LogP contribution in [-0.2, 0) is 9.59 Å². The highest BCUT2D eigenvalue weighted by Gasteiger charge is 1.90. The van der Waals surface area contributed by atoms with Gasteiger partial charge in [0.2, 0.25) is 11.8 Å². The van der Waals surface area contributed by atoms with Crippen LogP contribution in [0.2, 0.25) is 0 Å². The van der Waals surface area contributed by atoms with Crippen LogP contribution in [0.1, 0.15) is 13.8 Å². The third kappa shape index (κ3) is 8.92. The molecular weight excluding hydrogens is 108 g/mol. The Kier molecular flexibility index (Phi) is 5.41. The highest BCUT2D eigenvalue weighted by Crippen LogP contribution is 1.58. The van der Waals surface area contributed by atoms with Crippen molar-refractivity contribution >= 4 is 11.8 Å². The monoisotopic (exact) mass is 118 g/mol. The van der Waals surface area contributed by atoms with Crippen LogP contribution in [-0.4, -0.2) is 11.8 Å². The van der Waals surface area contributed by atoms with Gasteiger partial charge in [-0.3, -0.25) is 14.9 Å². The second kappa shape index (κ2) is 4.26. The van der Waals surface area contributed by atoms with Gasteiger partial charge in [0.1, 0.15) is 0 Å².